The Morgan fingerprint density at radius 3 is 2.68 bits per heavy atom. The topological polar surface area (TPSA) is 66.6 Å². The normalized spacial score (nSPS) is 23.2. The van der Waals surface area contributed by atoms with Crippen molar-refractivity contribution in [1.82, 2.24) is 4.90 Å². The van der Waals surface area contributed by atoms with E-state index < -0.39 is 11.9 Å². The van der Waals surface area contributed by atoms with Crippen LogP contribution in [0.5, 0.6) is 0 Å². The Morgan fingerprint density at radius 1 is 1.47 bits per heavy atom. The highest BCUT2D eigenvalue weighted by molar-refractivity contribution is 5.76. The molecular weight excluding hydrogens is 240 g/mol. The smallest absolute Gasteiger partial charge is 0.312 e. The number of carboxylic acid groups (broad SMARTS) is 1. The van der Waals surface area contributed by atoms with Crippen LogP contribution >= 0.6 is 0 Å². The van der Waals surface area contributed by atoms with Crippen molar-refractivity contribution in [2.75, 3.05) is 19.6 Å². The molecule has 1 saturated heterocycles. The molecule has 1 heterocycles. The van der Waals surface area contributed by atoms with E-state index in [0.717, 1.165) is 25.1 Å². The van der Waals surface area contributed by atoms with Crippen LogP contribution in [0.3, 0.4) is 0 Å². The van der Waals surface area contributed by atoms with E-state index in [0.29, 0.717) is 12.5 Å². The van der Waals surface area contributed by atoms with Crippen molar-refractivity contribution in [2.24, 2.45) is 11.7 Å². The van der Waals surface area contributed by atoms with E-state index in [1.807, 2.05) is 37.3 Å². The highest BCUT2D eigenvalue weighted by Gasteiger charge is 2.29. The maximum absolute atomic E-state index is 11.5. The summed E-state index contributed by atoms with van der Waals surface area (Å²) in [4.78, 5) is 13.7. The van der Waals surface area contributed by atoms with Gasteiger partial charge < -0.3 is 15.7 Å². The predicted molar refractivity (Wildman–Crippen MR) is 75.0 cm³/mol. The maximum atomic E-state index is 11.5. The number of aliphatic carboxylic acids is 1. The molecule has 0 radical (unpaired) electrons. The third-order valence-corrected chi connectivity index (χ3v) is 3.99. The standard InChI is InChI=1S/C15H22N2O2/c1-11(16)13-7-8-17(9-13)10-14(15(18)19)12-5-3-2-4-6-12/h2-6,11,13-14H,7-10,16H2,1H3,(H,18,19). The molecule has 0 bridgehead atoms. The third kappa shape index (κ3) is 3.55. The molecule has 1 fully saturated rings. The van der Waals surface area contributed by atoms with Gasteiger partial charge >= 0.3 is 5.97 Å². The first-order valence-electron chi connectivity index (χ1n) is 6.83. The number of nitrogens with two attached hydrogens (primary N) is 1. The Labute approximate surface area is 114 Å². The summed E-state index contributed by atoms with van der Waals surface area (Å²) >= 11 is 0. The van der Waals surface area contributed by atoms with Crippen LogP contribution in [0.1, 0.15) is 24.8 Å². The summed E-state index contributed by atoms with van der Waals surface area (Å²) in [5.41, 5.74) is 6.79. The molecule has 2 rings (SSSR count). The Bertz CT molecular complexity index is 419. The van der Waals surface area contributed by atoms with Crippen LogP contribution in [0.15, 0.2) is 30.3 Å². The fraction of sp³-hybridized carbons (Fsp3) is 0.533. The first kappa shape index (κ1) is 14.0. The molecule has 1 aliphatic rings. The lowest BCUT2D eigenvalue weighted by Crippen LogP contribution is -2.33. The van der Waals surface area contributed by atoms with Gasteiger partial charge in [0.2, 0.25) is 0 Å². The first-order chi connectivity index (χ1) is 9.08. The van der Waals surface area contributed by atoms with Gasteiger partial charge in [0.15, 0.2) is 0 Å². The number of carbonyl (C=O) groups is 1. The van der Waals surface area contributed by atoms with Gasteiger partial charge in [-0.15, -0.1) is 0 Å². The Kier molecular flexibility index (Phi) is 4.56. The van der Waals surface area contributed by atoms with Crippen LogP contribution in [0.2, 0.25) is 0 Å². The molecule has 0 aromatic heterocycles. The van der Waals surface area contributed by atoms with Gasteiger partial charge in [-0.1, -0.05) is 30.3 Å². The molecule has 0 saturated carbocycles. The van der Waals surface area contributed by atoms with E-state index in [2.05, 4.69) is 4.90 Å². The molecule has 1 aliphatic heterocycles. The summed E-state index contributed by atoms with van der Waals surface area (Å²) in [5.74, 6) is -0.714. The van der Waals surface area contributed by atoms with E-state index >= 15 is 0 Å². The van der Waals surface area contributed by atoms with Gasteiger partial charge in [0.05, 0.1) is 5.92 Å². The average Bonchev–Trinajstić information content (AvgIpc) is 2.85. The Hall–Kier alpha value is -1.39. The zero-order chi connectivity index (χ0) is 13.8. The molecule has 1 aromatic carbocycles. The first-order valence-corrected chi connectivity index (χ1v) is 6.83. The van der Waals surface area contributed by atoms with Gasteiger partial charge in [0, 0.05) is 19.1 Å². The van der Waals surface area contributed by atoms with Gasteiger partial charge in [0.25, 0.3) is 0 Å². The summed E-state index contributed by atoms with van der Waals surface area (Å²) < 4.78 is 0. The van der Waals surface area contributed by atoms with Crippen molar-refractivity contribution < 1.29 is 9.90 Å². The van der Waals surface area contributed by atoms with E-state index in [1.165, 1.54) is 0 Å². The second kappa shape index (κ2) is 6.17. The highest BCUT2D eigenvalue weighted by Crippen LogP contribution is 2.23. The molecule has 3 atom stereocenters. The quantitative estimate of drug-likeness (QED) is 0.844. The monoisotopic (exact) mass is 262 g/mol. The summed E-state index contributed by atoms with van der Waals surface area (Å²) in [7, 11) is 0. The molecule has 1 aromatic rings. The second-order valence-electron chi connectivity index (χ2n) is 5.47. The summed E-state index contributed by atoms with van der Waals surface area (Å²) in [6.07, 6.45) is 1.07. The summed E-state index contributed by atoms with van der Waals surface area (Å²) in [6.45, 7) is 4.46. The third-order valence-electron chi connectivity index (χ3n) is 3.99. The number of hydrogen-bond donors (Lipinski definition) is 2. The zero-order valence-electron chi connectivity index (χ0n) is 11.3. The number of likely N-dealkylation sites (tertiary alicyclic amines) is 1. The largest absolute Gasteiger partial charge is 0.481 e. The maximum Gasteiger partial charge on any atom is 0.312 e. The van der Waals surface area contributed by atoms with Crippen molar-refractivity contribution >= 4 is 5.97 Å². The predicted octanol–water partition coefficient (Wildman–Crippen LogP) is 1.52. The van der Waals surface area contributed by atoms with Gasteiger partial charge in [-0.3, -0.25) is 4.79 Å². The molecular formula is C15H22N2O2. The van der Waals surface area contributed by atoms with Gasteiger partial charge in [0.1, 0.15) is 0 Å². The molecule has 0 amide bonds. The summed E-state index contributed by atoms with van der Waals surface area (Å²) in [5, 5.41) is 9.41. The van der Waals surface area contributed by atoms with E-state index in [-0.39, 0.29) is 6.04 Å². The molecule has 3 unspecified atom stereocenters. The lowest BCUT2D eigenvalue weighted by molar-refractivity contribution is -0.139. The van der Waals surface area contributed by atoms with E-state index in [4.69, 9.17) is 5.73 Å². The molecule has 19 heavy (non-hydrogen) atoms. The fourth-order valence-corrected chi connectivity index (χ4v) is 2.73. The minimum absolute atomic E-state index is 0.185. The van der Waals surface area contributed by atoms with Crippen LogP contribution in [0, 0.1) is 5.92 Å². The second-order valence-corrected chi connectivity index (χ2v) is 5.47. The molecule has 0 aliphatic carbocycles. The number of benzene rings is 1. The molecule has 4 nitrogen and oxygen atoms in total. The minimum atomic E-state index is -0.754. The van der Waals surface area contributed by atoms with Crippen LogP contribution in [0.4, 0.5) is 0 Å². The fourth-order valence-electron chi connectivity index (χ4n) is 2.73. The summed E-state index contributed by atoms with van der Waals surface area (Å²) in [6, 6.07) is 9.64. The van der Waals surface area contributed by atoms with Crippen molar-refractivity contribution in [3.63, 3.8) is 0 Å². The van der Waals surface area contributed by atoms with Crippen molar-refractivity contribution in [3.8, 4) is 0 Å². The van der Waals surface area contributed by atoms with Crippen LogP contribution in [-0.2, 0) is 4.79 Å². The Balaban J connectivity index is 2.01. The minimum Gasteiger partial charge on any atom is -0.481 e. The van der Waals surface area contributed by atoms with Crippen molar-refractivity contribution in [1.29, 1.82) is 0 Å². The van der Waals surface area contributed by atoms with Crippen molar-refractivity contribution in [2.45, 2.75) is 25.3 Å². The Morgan fingerprint density at radius 2 is 2.16 bits per heavy atom. The average molecular weight is 262 g/mol. The zero-order valence-corrected chi connectivity index (χ0v) is 11.3. The number of carboxylic acids is 1. The number of nitrogens with zero attached hydrogens (tertiary/aromatic N) is 1. The van der Waals surface area contributed by atoms with Gasteiger partial charge in [-0.25, -0.2) is 0 Å². The molecule has 104 valence electrons. The lowest BCUT2D eigenvalue weighted by atomic mass is 9.98. The molecule has 3 N–H and O–H groups in total. The van der Waals surface area contributed by atoms with E-state index in [9.17, 15) is 9.90 Å². The van der Waals surface area contributed by atoms with Crippen LogP contribution < -0.4 is 5.73 Å². The SMILES string of the molecule is CC(N)C1CCN(CC(C(=O)O)c2ccccc2)C1. The molecule has 4 heteroatoms. The number of rotatable bonds is 5. The number of hydrogen-bond acceptors (Lipinski definition) is 3. The van der Waals surface area contributed by atoms with Crippen LogP contribution in [0.25, 0.3) is 0 Å². The highest BCUT2D eigenvalue weighted by atomic mass is 16.4. The lowest BCUT2D eigenvalue weighted by Gasteiger charge is -2.22. The van der Waals surface area contributed by atoms with Crippen LogP contribution in [-0.4, -0.2) is 41.7 Å². The van der Waals surface area contributed by atoms with E-state index in [1.54, 1.807) is 0 Å². The van der Waals surface area contributed by atoms with Crippen molar-refractivity contribution in [3.05, 3.63) is 35.9 Å². The van der Waals surface area contributed by atoms with Gasteiger partial charge in [-0.05, 0) is 31.4 Å². The molecule has 0 spiro atoms. The van der Waals surface area contributed by atoms with Gasteiger partial charge in [-0.2, -0.15) is 0 Å².